The Morgan fingerprint density at radius 3 is 2.67 bits per heavy atom. The molecule has 0 radical (unpaired) electrons. The normalized spacial score (nSPS) is 17.0. The minimum Gasteiger partial charge on any atom is -0.358 e. The maximum absolute atomic E-state index is 13.1. The van der Waals surface area contributed by atoms with Crippen LogP contribution in [0.15, 0.2) is 16.7 Å². The fourth-order valence-corrected chi connectivity index (χ4v) is 2.61. The molecule has 1 N–H and O–H groups in total. The van der Waals surface area contributed by atoms with E-state index in [1.54, 1.807) is 11.9 Å². The Bertz CT molecular complexity index is 475. The van der Waals surface area contributed by atoms with Crippen LogP contribution in [0, 0.1) is 0 Å². The molecule has 0 saturated carbocycles. The van der Waals surface area contributed by atoms with Gasteiger partial charge < -0.3 is 10.2 Å². The molecule has 21 heavy (non-hydrogen) atoms. The van der Waals surface area contributed by atoms with Crippen LogP contribution in [0.5, 0.6) is 0 Å². The number of halogens is 4. The van der Waals surface area contributed by atoms with E-state index < -0.39 is 11.7 Å². The van der Waals surface area contributed by atoms with Crippen molar-refractivity contribution in [3.8, 4) is 0 Å². The van der Waals surface area contributed by atoms with Crippen molar-refractivity contribution in [3.05, 3.63) is 22.3 Å². The van der Waals surface area contributed by atoms with Gasteiger partial charge in [-0.3, -0.25) is 4.90 Å². The van der Waals surface area contributed by atoms with E-state index in [4.69, 9.17) is 0 Å². The van der Waals surface area contributed by atoms with E-state index >= 15 is 0 Å². The number of anilines is 1. The lowest BCUT2D eigenvalue weighted by atomic mass is 10.2. The molecule has 0 unspecified atom stereocenters. The van der Waals surface area contributed by atoms with Gasteiger partial charge in [0.05, 0.1) is 5.56 Å². The van der Waals surface area contributed by atoms with Gasteiger partial charge in [0, 0.05) is 57.0 Å². The van der Waals surface area contributed by atoms with Crippen LogP contribution in [0.25, 0.3) is 0 Å². The molecule has 1 aliphatic heterocycles. The standard InChI is InChI=1S/C13H18BrF3N4/c1-20(6-7-21-4-2-18-3-5-21)12-11(13(15,16)17)8-10(14)9-19-12/h8-9,18H,2-7H2,1H3. The Balaban J connectivity index is 2.06. The van der Waals surface area contributed by atoms with Crippen molar-refractivity contribution < 1.29 is 13.2 Å². The number of nitrogens with zero attached hydrogens (tertiary/aromatic N) is 3. The van der Waals surface area contributed by atoms with Gasteiger partial charge in [0.25, 0.3) is 0 Å². The van der Waals surface area contributed by atoms with Crippen molar-refractivity contribution in [3.63, 3.8) is 0 Å². The van der Waals surface area contributed by atoms with Crippen molar-refractivity contribution in [2.75, 3.05) is 51.2 Å². The average molecular weight is 367 g/mol. The van der Waals surface area contributed by atoms with Crippen LogP contribution in [0.2, 0.25) is 0 Å². The van der Waals surface area contributed by atoms with Crippen LogP contribution in [0.3, 0.4) is 0 Å². The molecular weight excluding hydrogens is 349 g/mol. The highest BCUT2D eigenvalue weighted by molar-refractivity contribution is 9.10. The van der Waals surface area contributed by atoms with Gasteiger partial charge in [-0.1, -0.05) is 0 Å². The maximum atomic E-state index is 13.1. The van der Waals surface area contributed by atoms with Crippen LogP contribution in [-0.4, -0.2) is 56.2 Å². The second kappa shape index (κ2) is 6.93. The average Bonchev–Trinajstić information content (AvgIpc) is 2.45. The molecule has 1 aliphatic rings. The van der Waals surface area contributed by atoms with Crippen LogP contribution in [0.1, 0.15) is 5.56 Å². The van der Waals surface area contributed by atoms with Gasteiger partial charge in [-0.15, -0.1) is 0 Å². The summed E-state index contributed by atoms with van der Waals surface area (Å²) in [6, 6.07) is 1.07. The van der Waals surface area contributed by atoms with Crippen molar-refractivity contribution in [1.82, 2.24) is 15.2 Å². The first-order valence-corrected chi connectivity index (χ1v) is 7.54. The van der Waals surface area contributed by atoms with Crippen LogP contribution < -0.4 is 10.2 Å². The van der Waals surface area contributed by atoms with Gasteiger partial charge in [-0.2, -0.15) is 13.2 Å². The van der Waals surface area contributed by atoms with Crippen LogP contribution >= 0.6 is 15.9 Å². The fourth-order valence-electron chi connectivity index (χ4n) is 2.28. The Hall–Kier alpha value is -0.860. The topological polar surface area (TPSA) is 31.4 Å². The molecule has 2 rings (SSSR count). The van der Waals surface area contributed by atoms with E-state index in [1.807, 2.05) is 0 Å². The third-order valence-corrected chi connectivity index (χ3v) is 3.90. The second-order valence-corrected chi connectivity index (χ2v) is 5.95. The molecule has 0 spiro atoms. The quantitative estimate of drug-likeness (QED) is 0.885. The van der Waals surface area contributed by atoms with Crippen LogP contribution in [-0.2, 0) is 6.18 Å². The van der Waals surface area contributed by atoms with Gasteiger partial charge in [-0.25, -0.2) is 4.98 Å². The lowest BCUT2D eigenvalue weighted by molar-refractivity contribution is -0.137. The van der Waals surface area contributed by atoms with E-state index in [1.165, 1.54) is 6.20 Å². The molecule has 8 heteroatoms. The van der Waals surface area contributed by atoms with Gasteiger partial charge in [0.15, 0.2) is 0 Å². The highest BCUT2D eigenvalue weighted by atomic mass is 79.9. The summed E-state index contributed by atoms with van der Waals surface area (Å²) in [7, 11) is 1.65. The predicted molar refractivity (Wildman–Crippen MR) is 79.5 cm³/mol. The number of nitrogens with one attached hydrogen (secondary N) is 1. The number of piperazine rings is 1. The first kappa shape index (κ1) is 16.5. The summed E-state index contributed by atoms with van der Waals surface area (Å²) in [6.45, 7) is 4.94. The molecule has 1 fully saturated rings. The minimum absolute atomic E-state index is 0.0270. The van der Waals surface area contributed by atoms with E-state index in [9.17, 15) is 13.2 Å². The van der Waals surface area contributed by atoms with E-state index in [-0.39, 0.29) is 5.82 Å². The monoisotopic (exact) mass is 366 g/mol. The van der Waals surface area contributed by atoms with Gasteiger partial charge >= 0.3 is 6.18 Å². The number of likely N-dealkylation sites (N-methyl/N-ethyl adjacent to an activating group) is 1. The Kier molecular flexibility index (Phi) is 5.45. The van der Waals surface area contributed by atoms with Crippen molar-refractivity contribution in [2.24, 2.45) is 0 Å². The highest BCUT2D eigenvalue weighted by Crippen LogP contribution is 2.36. The molecule has 1 saturated heterocycles. The Morgan fingerprint density at radius 1 is 1.38 bits per heavy atom. The first-order chi connectivity index (χ1) is 9.88. The molecule has 2 heterocycles. The smallest absolute Gasteiger partial charge is 0.358 e. The SMILES string of the molecule is CN(CCN1CCNCC1)c1ncc(Br)cc1C(F)(F)F. The lowest BCUT2D eigenvalue weighted by Gasteiger charge is -2.30. The minimum atomic E-state index is -4.41. The van der Waals surface area contributed by atoms with E-state index in [2.05, 4.69) is 31.1 Å². The summed E-state index contributed by atoms with van der Waals surface area (Å²) in [5.41, 5.74) is -0.709. The molecular formula is C13H18BrF3N4. The second-order valence-electron chi connectivity index (χ2n) is 5.04. The van der Waals surface area contributed by atoms with Gasteiger partial charge in [-0.05, 0) is 22.0 Å². The zero-order valence-electron chi connectivity index (χ0n) is 11.8. The third-order valence-electron chi connectivity index (χ3n) is 3.46. The summed E-state index contributed by atoms with van der Waals surface area (Å²) < 4.78 is 39.6. The zero-order valence-corrected chi connectivity index (χ0v) is 13.3. The zero-order chi connectivity index (χ0) is 15.5. The molecule has 0 aliphatic carbocycles. The van der Waals surface area contributed by atoms with E-state index in [0.717, 1.165) is 38.8 Å². The Morgan fingerprint density at radius 2 is 2.05 bits per heavy atom. The number of aromatic nitrogens is 1. The Labute approximate surface area is 130 Å². The number of hydrogen-bond acceptors (Lipinski definition) is 4. The van der Waals surface area contributed by atoms with E-state index in [0.29, 0.717) is 11.0 Å². The summed E-state index contributed by atoms with van der Waals surface area (Å²) in [5.74, 6) is -0.0270. The summed E-state index contributed by atoms with van der Waals surface area (Å²) in [6.07, 6.45) is -3.01. The summed E-state index contributed by atoms with van der Waals surface area (Å²) >= 11 is 3.04. The maximum Gasteiger partial charge on any atom is 0.419 e. The van der Waals surface area contributed by atoms with Gasteiger partial charge in [0.1, 0.15) is 5.82 Å². The molecule has 0 atom stereocenters. The molecule has 0 aromatic carbocycles. The molecule has 1 aromatic rings. The highest BCUT2D eigenvalue weighted by Gasteiger charge is 2.35. The lowest BCUT2D eigenvalue weighted by Crippen LogP contribution is -2.46. The van der Waals surface area contributed by atoms with Crippen LogP contribution in [0.4, 0.5) is 19.0 Å². The number of rotatable bonds is 4. The summed E-state index contributed by atoms with van der Waals surface area (Å²) in [4.78, 5) is 7.74. The van der Waals surface area contributed by atoms with Crippen molar-refractivity contribution in [2.45, 2.75) is 6.18 Å². The molecule has 0 amide bonds. The molecule has 1 aromatic heterocycles. The molecule has 118 valence electrons. The van der Waals surface area contributed by atoms with Crippen molar-refractivity contribution in [1.29, 1.82) is 0 Å². The number of alkyl halides is 3. The fraction of sp³-hybridized carbons (Fsp3) is 0.615. The number of pyridine rings is 1. The largest absolute Gasteiger partial charge is 0.419 e. The van der Waals surface area contributed by atoms with Crippen molar-refractivity contribution >= 4 is 21.7 Å². The first-order valence-electron chi connectivity index (χ1n) is 6.75. The van der Waals surface area contributed by atoms with Gasteiger partial charge in [0.2, 0.25) is 0 Å². The number of hydrogen-bond donors (Lipinski definition) is 1. The molecule has 4 nitrogen and oxygen atoms in total. The third kappa shape index (κ3) is 4.55. The summed E-state index contributed by atoms with van der Waals surface area (Å²) in [5, 5.41) is 3.25. The predicted octanol–water partition coefficient (Wildman–Crippen LogP) is 2.20. The molecule has 0 bridgehead atoms.